The molecule has 5 nitrogen and oxygen atoms in total. The van der Waals surface area contributed by atoms with E-state index in [2.05, 4.69) is 35.9 Å². The van der Waals surface area contributed by atoms with Crippen LogP contribution in [0.25, 0.3) is 11.0 Å². The number of carbonyl (C=O) groups is 1. The smallest absolute Gasteiger partial charge is 0.257 e. The lowest BCUT2D eigenvalue weighted by Gasteiger charge is -2.10. The normalized spacial score (nSPS) is 10.9. The maximum atomic E-state index is 12.1. The van der Waals surface area contributed by atoms with Crippen molar-refractivity contribution < 1.29 is 9.53 Å². The van der Waals surface area contributed by atoms with Crippen LogP contribution in [0.1, 0.15) is 31.7 Å². The highest BCUT2D eigenvalue weighted by Crippen LogP contribution is 2.17. The Morgan fingerprint density at radius 1 is 1.15 bits per heavy atom. The number of hydrogen-bond acceptors (Lipinski definition) is 3. The lowest BCUT2D eigenvalue weighted by atomic mass is 10.2. The van der Waals surface area contributed by atoms with Crippen molar-refractivity contribution in [3.8, 4) is 5.75 Å². The predicted octanol–water partition coefficient (Wildman–Crippen LogP) is 3.75. The van der Waals surface area contributed by atoms with Gasteiger partial charge in [-0.2, -0.15) is 0 Å². The number of aryl methyl sites for hydroxylation is 2. The summed E-state index contributed by atoms with van der Waals surface area (Å²) < 4.78 is 7.83. The summed E-state index contributed by atoms with van der Waals surface area (Å²) in [6, 6.07) is 16.0. The Balaban J connectivity index is 1.52. The van der Waals surface area contributed by atoms with Gasteiger partial charge in [0.05, 0.1) is 11.0 Å². The van der Waals surface area contributed by atoms with Crippen molar-refractivity contribution in [1.29, 1.82) is 0 Å². The minimum absolute atomic E-state index is 0.0263. The van der Waals surface area contributed by atoms with Gasteiger partial charge in [0.2, 0.25) is 0 Å². The second-order valence-corrected chi connectivity index (χ2v) is 6.56. The molecule has 5 heteroatoms. The number of rotatable bonds is 9. The van der Waals surface area contributed by atoms with Crippen LogP contribution in [0.2, 0.25) is 0 Å². The number of para-hydroxylation sites is 2. The third-order valence-electron chi connectivity index (χ3n) is 4.53. The number of amides is 1. The molecular weight excluding hydrogens is 338 g/mol. The Hall–Kier alpha value is -2.82. The summed E-state index contributed by atoms with van der Waals surface area (Å²) >= 11 is 0. The van der Waals surface area contributed by atoms with Gasteiger partial charge in [-0.05, 0) is 42.7 Å². The number of ether oxygens (including phenoxy) is 1. The topological polar surface area (TPSA) is 56.2 Å². The molecule has 1 aromatic heterocycles. The van der Waals surface area contributed by atoms with Gasteiger partial charge in [0.15, 0.2) is 6.61 Å². The molecule has 27 heavy (non-hydrogen) atoms. The summed E-state index contributed by atoms with van der Waals surface area (Å²) in [6.07, 6.45) is 2.69. The van der Waals surface area contributed by atoms with E-state index in [0.29, 0.717) is 13.0 Å². The minimum Gasteiger partial charge on any atom is -0.484 e. The van der Waals surface area contributed by atoms with E-state index in [4.69, 9.17) is 9.72 Å². The van der Waals surface area contributed by atoms with Crippen molar-refractivity contribution >= 4 is 16.9 Å². The second kappa shape index (κ2) is 9.21. The number of benzene rings is 2. The quantitative estimate of drug-likeness (QED) is 0.628. The highest BCUT2D eigenvalue weighted by molar-refractivity contribution is 5.77. The zero-order valence-electron chi connectivity index (χ0n) is 16.1. The molecule has 0 bridgehead atoms. The average Bonchev–Trinajstić information content (AvgIpc) is 3.04. The highest BCUT2D eigenvalue weighted by atomic mass is 16.5. The number of imidazole rings is 1. The van der Waals surface area contributed by atoms with Gasteiger partial charge in [-0.15, -0.1) is 0 Å². The number of nitrogens with one attached hydrogen (secondary N) is 1. The van der Waals surface area contributed by atoms with Gasteiger partial charge in [-0.1, -0.05) is 38.1 Å². The number of hydrogen-bond donors (Lipinski definition) is 1. The van der Waals surface area contributed by atoms with Gasteiger partial charge in [0, 0.05) is 19.5 Å². The Morgan fingerprint density at radius 2 is 2.00 bits per heavy atom. The van der Waals surface area contributed by atoms with E-state index in [-0.39, 0.29) is 12.5 Å². The molecule has 0 radical (unpaired) electrons. The Labute approximate surface area is 160 Å². The van der Waals surface area contributed by atoms with Gasteiger partial charge < -0.3 is 14.6 Å². The van der Waals surface area contributed by atoms with Gasteiger partial charge in [0.25, 0.3) is 5.91 Å². The van der Waals surface area contributed by atoms with E-state index in [9.17, 15) is 4.79 Å². The van der Waals surface area contributed by atoms with Crippen LogP contribution in [0.4, 0.5) is 0 Å². The molecule has 0 aliphatic carbocycles. The Bertz CT molecular complexity index is 901. The first-order valence-electron chi connectivity index (χ1n) is 9.63. The van der Waals surface area contributed by atoms with Crippen LogP contribution in [0.3, 0.4) is 0 Å². The zero-order valence-corrected chi connectivity index (χ0v) is 16.1. The molecule has 1 heterocycles. The van der Waals surface area contributed by atoms with E-state index in [1.807, 2.05) is 36.4 Å². The molecule has 0 aliphatic heterocycles. The number of carbonyl (C=O) groups excluding carboxylic acids is 1. The summed E-state index contributed by atoms with van der Waals surface area (Å²) in [5.41, 5.74) is 3.36. The van der Waals surface area contributed by atoms with Crippen molar-refractivity contribution in [3.63, 3.8) is 0 Å². The first kappa shape index (κ1) is 19.0. The molecule has 0 unspecified atom stereocenters. The van der Waals surface area contributed by atoms with E-state index in [1.54, 1.807) is 0 Å². The number of fused-ring (bicyclic) bond motifs is 1. The predicted molar refractivity (Wildman–Crippen MR) is 108 cm³/mol. The fraction of sp³-hybridized carbons (Fsp3) is 0.364. The molecule has 0 saturated heterocycles. The van der Waals surface area contributed by atoms with Crippen LogP contribution < -0.4 is 10.1 Å². The molecule has 3 rings (SSSR count). The Morgan fingerprint density at radius 3 is 2.81 bits per heavy atom. The largest absolute Gasteiger partial charge is 0.484 e. The number of nitrogens with zero attached hydrogens (tertiary/aromatic N) is 2. The number of aromatic nitrogens is 2. The van der Waals surface area contributed by atoms with Crippen molar-refractivity contribution in [3.05, 3.63) is 59.9 Å². The van der Waals surface area contributed by atoms with Crippen LogP contribution in [0, 0.1) is 0 Å². The molecular formula is C22H27N3O2. The molecule has 0 fully saturated rings. The minimum atomic E-state index is -0.116. The third-order valence-corrected chi connectivity index (χ3v) is 4.53. The SMILES string of the molecule is CCCn1c(CCNC(=O)COc2cccc(CC)c2)nc2ccccc21. The maximum Gasteiger partial charge on any atom is 0.257 e. The molecule has 1 amide bonds. The van der Waals surface area contributed by atoms with Crippen LogP contribution in [0.15, 0.2) is 48.5 Å². The van der Waals surface area contributed by atoms with Crippen LogP contribution >= 0.6 is 0 Å². The second-order valence-electron chi connectivity index (χ2n) is 6.56. The van der Waals surface area contributed by atoms with Crippen molar-refractivity contribution in [2.75, 3.05) is 13.2 Å². The summed E-state index contributed by atoms with van der Waals surface area (Å²) in [6.45, 7) is 5.76. The summed E-state index contributed by atoms with van der Waals surface area (Å²) in [5, 5.41) is 2.93. The first-order chi connectivity index (χ1) is 13.2. The molecule has 142 valence electrons. The van der Waals surface area contributed by atoms with Gasteiger partial charge in [-0.25, -0.2) is 4.98 Å². The van der Waals surface area contributed by atoms with Gasteiger partial charge >= 0.3 is 0 Å². The highest BCUT2D eigenvalue weighted by Gasteiger charge is 2.10. The van der Waals surface area contributed by atoms with Crippen LogP contribution in [-0.4, -0.2) is 28.6 Å². The molecule has 0 aliphatic rings. The van der Waals surface area contributed by atoms with Gasteiger partial charge in [-0.3, -0.25) is 4.79 Å². The molecule has 0 saturated carbocycles. The summed E-state index contributed by atoms with van der Waals surface area (Å²) in [5.74, 6) is 1.62. The lowest BCUT2D eigenvalue weighted by molar-refractivity contribution is -0.123. The van der Waals surface area contributed by atoms with E-state index >= 15 is 0 Å². The van der Waals surface area contributed by atoms with Crippen molar-refractivity contribution in [2.24, 2.45) is 0 Å². The fourth-order valence-electron chi connectivity index (χ4n) is 3.16. The third kappa shape index (κ3) is 4.88. The summed E-state index contributed by atoms with van der Waals surface area (Å²) in [7, 11) is 0. The molecule has 2 aromatic carbocycles. The average molecular weight is 365 g/mol. The standard InChI is InChI=1S/C22H27N3O2/c1-3-14-25-20-11-6-5-10-19(20)24-21(25)12-13-23-22(26)16-27-18-9-7-8-17(4-2)15-18/h5-11,15H,3-4,12-14,16H2,1-2H3,(H,23,26). The van der Waals surface area contributed by atoms with Crippen molar-refractivity contribution in [1.82, 2.24) is 14.9 Å². The van der Waals surface area contributed by atoms with Crippen LogP contribution in [0.5, 0.6) is 5.75 Å². The fourth-order valence-corrected chi connectivity index (χ4v) is 3.16. The Kier molecular flexibility index (Phi) is 6.47. The lowest BCUT2D eigenvalue weighted by Crippen LogP contribution is -2.31. The monoisotopic (exact) mass is 365 g/mol. The summed E-state index contributed by atoms with van der Waals surface area (Å²) in [4.78, 5) is 16.8. The van der Waals surface area contributed by atoms with E-state index < -0.39 is 0 Å². The van der Waals surface area contributed by atoms with E-state index in [0.717, 1.165) is 42.0 Å². The molecule has 0 atom stereocenters. The van der Waals surface area contributed by atoms with Gasteiger partial charge in [0.1, 0.15) is 11.6 Å². The molecule has 1 N–H and O–H groups in total. The molecule has 0 spiro atoms. The first-order valence-corrected chi connectivity index (χ1v) is 9.63. The van der Waals surface area contributed by atoms with Crippen LogP contribution in [-0.2, 0) is 24.2 Å². The van der Waals surface area contributed by atoms with Crippen molar-refractivity contribution in [2.45, 2.75) is 39.7 Å². The maximum absolute atomic E-state index is 12.1. The molecule has 3 aromatic rings. The van der Waals surface area contributed by atoms with E-state index in [1.165, 1.54) is 5.56 Å². The zero-order chi connectivity index (χ0) is 19.1.